The van der Waals surface area contributed by atoms with Crippen molar-refractivity contribution in [3.63, 3.8) is 0 Å². The highest BCUT2D eigenvalue weighted by atomic mass is 16.5. The third-order valence-corrected chi connectivity index (χ3v) is 3.02. The fraction of sp³-hybridized carbons (Fsp3) is 0.200. The number of anilines is 1. The van der Waals surface area contributed by atoms with Gasteiger partial charge in [0.1, 0.15) is 5.75 Å². The van der Waals surface area contributed by atoms with Crippen molar-refractivity contribution in [2.24, 2.45) is 0 Å². The molecule has 1 aromatic carbocycles. The molecule has 0 aliphatic rings. The molecule has 1 aromatic heterocycles. The number of methoxy groups -OCH3 is 1. The Kier molecular flexibility index (Phi) is 4.20. The molecule has 0 saturated carbocycles. The number of hydrogen-bond donors (Lipinski definition) is 2. The number of nitrogens with two attached hydrogens (primary N) is 1. The summed E-state index contributed by atoms with van der Waals surface area (Å²) in [5.41, 5.74) is 7.68. The normalized spacial score (nSPS) is 11.7. The average molecular weight is 271 g/mol. The molecule has 20 heavy (non-hydrogen) atoms. The third kappa shape index (κ3) is 3.06. The summed E-state index contributed by atoms with van der Waals surface area (Å²) in [6.07, 6.45) is 3.43. The molecular formula is C15H17N3O2. The predicted octanol–water partition coefficient (Wildman–Crippen LogP) is 2.16. The van der Waals surface area contributed by atoms with Crippen LogP contribution in [0.3, 0.4) is 0 Å². The van der Waals surface area contributed by atoms with Crippen molar-refractivity contribution in [2.45, 2.75) is 13.0 Å². The first-order valence-electron chi connectivity index (χ1n) is 6.26. The lowest BCUT2D eigenvalue weighted by molar-refractivity contribution is 0.0940. The van der Waals surface area contributed by atoms with E-state index in [1.807, 2.05) is 19.1 Å². The molecule has 0 spiro atoms. The number of nitrogen functional groups attached to an aromatic ring is 1. The molecule has 0 fully saturated rings. The van der Waals surface area contributed by atoms with Crippen LogP contribution < -0.4 is 15.8 Å². The Morgan fingerprint density at radius 3 is 2.80 bits per heavy atom. The fourth-order valence-electron chi connectivity index (χ4n) is 1.87. The zero-order valence-corrected chi connectivity index (χ0v) is 11.5. The van der Waals surface area contributed by atoms with Crippen LogP contribution in [0.2, 0.25) is 0 Å². The number of ether oxygens (including phenoxy) is 1. The molecule has 2 aromatic rings. The SMILES string of the molecule is COc1ccc(C(=O)NC(C)c2cccnc2)cc1N. The van der Waals surface area contributed by atoms with Crippen LogP contribution in [0, 0.1) is 0 Å². The van der Waals surface area contributed by atoms with Crippen molar-refractivity contribution in [2.75, 3.05) is 12.8 Å². The van der Waals surface area contributed by atoms with Crippen LogP contribution in [-0.4, -0.2) is 18.0 Å². The maximum Gasteiger partial charge on any atom is 0.251 e. The number of carbonyl (C=O) groups excluding carboxylic acids is 1. The van der Waals surface area contributed by atoms with E-state index in [0.717, 1.165) is 5.56 Å². The summed E-state index contributed by atoms with van der Waals surface area (Å²) < 4.78 is 5.07. The first-order chi connectivity index (χ1) is 9.61. The van der Waals surface area contributed by atoms with E-state index >= 15 is 0 Å². The Hall–Kier alpha value is -2.56. The van der Waals surface area contributed by atoms with Gasteiger partial charge in [0.25, 0.3) is 5.91 Å². The van der Waals surface area contributed by atoms with E-state index in [-0.39, 0.29) is 11.9 Å². The summed E-state index contributed by atoms with van der Waals surface area (Å²) in [6.45, 7) is 1.90. The van der Waals surface area contributed by atoms with Gasteiger partial charge in [-0.15, -0.1) is 0 Å². The van der Waals surface area contributed by atoms with Gasteiger partial charge in [0.05, 0.1) is 18.8 Å². The number of benzene rings is 1. The zero-order chi connectivity index (χ0) is 14.5. The van der Waals surface area contributed by atoms with Gasteiger partial charge in [0.15, 0.2) is 0 Å². The van der Waals surface area contributed by atoms with Gasteiger partial charge in [-0.3, -0.25) is 9.78 Å². The molecule has 0 aliphatic heterocycles. The standard InChI is InChI=1S/C15H17N3O2/c1-10(12-4-3-7-17-9-12)18-15(19)11-5-6-14(20-2)13(16)8-11/h3-10H,16H2,1-2H3,(H,18,19). The molecule has 2 rings (SSSR count). The lowest BCUT2D eigenvalue weighted by Crippen LogP contribution is -2.26. The number of nitrogens with one attached hydrogen (secondary N) is 1. The van der Waals surface area contributed by atoms with Crippen LogP contribution in [0.4, 0.5) is 5.69 Å². The second-order valence-electron chi connectivity index (χ2n) is 4.44. The van der Waals surface area contributed by atoms with Crippen LogP contribution in [0.25, 0.3) is 0 Å². The third-order valence-electron chi connectivity index (χ3n) is 3.02. The number of hydrogen-bond acceptors (Lipinski definition) is 4. The summed E-state index contributed by atoms with van der Waals surface area (Å²) in [4.78, 5) is 16.2. The number of nitrogens with zero attached hydrogens (tertiary/aromatic N) is 1. The molecule has 3 N–H and O–H groups in total. The Bertz CT molecular complexity index is 599. The van der Waals surface area contributed by atoms with Crippen LogP contribution in [0.15, 0.2) is 42.7 Å². The smallest absolute Gasteiger partial charge is 0.251 e. The lowest BCUT2D eigenvalue weighted by Gasteiger charge is -2.14. The maximum atomic E-state index is 12.2. The van der Waals surface area contributed by atoms with Crippen LogP contribution >= 0.6 is 0 Å². The topological polar surface area (TPSA) is 77.2 Å². The summed E-state index contributed by atoms with van der Waals surface area (Å²) in [6, 6.07) is 8.59. The molecule has 5 heteroatoms. The Labute approximate surface area is 117 Å². The van der Waals surface area contributed by atoms with E-state index in [2.05, 4.69) is 10.3 Å². The molecule has 1 amide bonds. The van der Waals surface area contributed by atoms with E-state index in [4.69, 9.17) is 10.5 Å². The molecule has 0 radical (unpaired) electrons. The number of carbonyl (C=O) groups is 1. The highest BCUT2D eigenvalue weighted by Gasteiger charge is 2.12. The predicted molar refractivity (Wildman–Crippen MR) is 77.5 cm³/mol. The minimum absolute atomic E-state index is 0.125. The van der Waals surface area contributed by atoms with E-state index in [1.54, 1.807) is 30.6 Å². The van der Waals surface area contributed by atoms with Crippen molar-refractivity contribution in [1.82, 2.24) is 10.3 Å². The molecular weight excluding hydrogens is 254 g/mol. The van der Waals surface area contributed by atoms with Gasteiger partial charge in [-0.25, -0.2) is 0 Å². The lowest BCUT2D eigenvalue weighted by atomic mass is 10.1. The quantitative estimate of drug-likeness (QED) is 0.835. The van der Waals surface area contributed by atoms with Crippen molar-refractivity contribution >= 4 is 11.6 Å². The van der Waals surface area contributed by atoms with Crippen molar-refractivity contribution in [1.29, 1.82) is 0 Å². The molecule has 1 unspecified atom stereocenters. The number of rotatable bonds is 4. The second kappa shape index (κ2) is 6.06. The molecule has 1 atom stereocenters. The molecule has 0 aliphatic carbocycles. The molecule has 104 valence electrons. The van der Waals surface area contributed by atoms with Crippen molar-refractivity contribution < 1.29 is 9.53 Å². The fourth-order valence-corrected chi connectivity index (χ4v) is 1.87. The summed E-state index contributed by atoms with van der Waals surface area (Å²) in [7, 11) is 1.54. The first kappa shape index (κ1) is 13.9. The highest BCUT2D eigenvalue weighted by molar-refractivity contribution is 5.95. The van der Waals surface area contributed by atoms with Gasteiger partial charge in [-0.05, 0) is 36.8 Å². The molecule has 0 saturated heterocycles. The van der Waals surface area contributed by atoms with Gasteiger partial charge in [0.2, 0.25) is 0 Å². The Morgan fingerprint density at radius 1 is 1.40 bits per heavy atom. The van der Waals surface area contributed by atoms with Gasteiger partial charge in [0, 0.05) is 18.0 Å². The number of amides is 1. The first-order valence-corrected chi connectivity index (χ1v) is 6.26. The minimum Gasteiger partial charge on any atom is -0.495 e. The van der Waals surface area contributed by atoms with E-state index in [0.29, 0.717) is 17.0 Å². The average Bonchev–Trinajstić information content (AvgIpc) is 2.48. The monoisotopic (exact) mass is 271 g/mol. The summed E-state index contributed by atoms with van der Waals surface area (Å²) >= 11 is 0. The van der Waals surface area contributed by atoms with E-state index in [9.17, 15) is 4.79 Å². The van der Waals surface area contributed by atoms with Crippen LogP contribution in [0.5, 0.6) is 5.75 Å². The van der Waals surface area contributed by atoms with Gasteiger partial charge in [-0.1, -0.05) is 6.07 Å². The zero-order valence-electron chi connectivity index (χ0n) is 11.5. The number of pyridine rings is 1. The second-order valence-corrected chi connectivity index (χ2v) is 4.44. The molecule has 5 nitrogen and oxygen atoms in total. The van der Waals surface area contributed by atoms with Crippen LogP contribution in [-0.2, 0) is 0 Å². The molecule has 0 bridgehead atoms. The maximum absolute atomic E-state index is 12.2. The van der Waals surface area contributed by atoms with Gasteiger partial charge in [-0.2, -0.15) is 0 Å². The van der Waals surface area contributed by atoms with E-state index in [1.165, 1.54) is 7.11 Å². The Morgan fingerprint density at radius 2 is 2.20 bits per heavy atom. The highest BCUT2D eigenvalue weighted by Crippen LogP contribution is 2.22. The summed E-state index contributed by atoms with van der Waals surface area (Å²) in [5, 5.41) is 2.90. The molecule has 1 heterocycles. The Balaban J connectivity index is 2.10. The minimum atomic E-state index is -0.185. The van der Waals surface area contributed by atoms with Crippen LogP contribution in [0.1, 0.15) is 28.9 Å². The van der Waals surface area contributed by atoms with Gasteiger partial charge < -0.3 is 15.8 Å². The van der Waals surface area contributed by atoms with E-state index < -0.39 is 0 Å². The van der Waals surface area contributed by atoms with Crippen molar-refractivity contribution in [3.8, 4) is 5.75 Å². The summed E-state index contributed by atoms with van der Waals surface area (Å²) in [5.74, 6) is 0.373. The number of aromatic nitrogens is 1. The van der Waals surface area contributed by atoms with Crippen molar-refractivity contribution in [3.05, 3.63) is 53.9 Å². The van der Waals surface area contributed by atoms with Gasteiger partial charge >= 0.3 is 0 Å². The largest absolute Gasteiger partial charge is 0.495 e.